The molecule has 0 radical (unpaired) electrons. The Labute approximate surface area is 62.3 Å². The molecular weight excluding hydrogens is 148 g/mol. The highest BCUT2D eigenvalue weighted by Gasteiger charge is 2.33. The summed E-state index contributed by atoms with van der Waals surface area (Å²) in [6, 6.07) is 0. The molecule has 0 fully saturated rings. The van der Waals surface area contributed by atoms with Gasteiger partial charge in [-0.05, 0) is 6.92 Å². The standard InChI is InChI=1S/C7H6O4/c1-2-3(8)4(9)5(10)7-6(2)11-7/h8-10H,1H3. The molecule has 0 bridgehead atoms. The summed E-state index contributed by atoms with van der Waals surface area (Å²) in [6.07, 6.45) is 0. The summed E-state index contributed by atoms with van der Waals surface area (Å²) in [5.41, 5.74) is 0.454. The smallest absolute Gasteiger partial charge is 0.216 e. The van der Waals surface area contributed by atoms with E-state index in [0.717, 1.165) is 0 Å². The fourth-order valence-corrected chi connectivity index (χ4v) is 0.984. The molecule has 0 amide bonds. The molecule has 4 nitrogen and oxygen atoms in total. The predicted octanol–water partition coefficient (Wildman–Crippen LogP) is 1.22. The zero-order valence-electron chi connectivity index (χ0n) is 5.75. The van der Waals surface area contributed by atoms with Crippen LogP contribution in [0.1, 0.15) is 5.56 Å². The van der Waals surface area contributed by atoms with E-state index in [4.69, 9.17) is 20.1 Å². The van der Waals surface area contributed by atoms with Gasteiger partial charge in [0.2, 0.25) is 17.2 Å². The Balaban J connectivity index is 2.78. The number of phenols is 3. The van der Waals surface area contributed by atoms with Gasteiger partial charge in [0, 0.05) is 5.56 Å². The third kappa shape index (κ3) is 0.582. The monoisotopic (exact) mass is 154 g/mol. The van der Waals surface area contributed by atoms with Crippen molar-refractivity contribution in [1.29, 1.82) is 0 Å². The number of hydrogen-bond donors (Lipinski definition) is 3. The molecule has 1 aromatic rings. The maximum atomic E-state index is 9.11. The molecule has 3 N–H and O–H groups in total. The topological polar surface area (TPSA) is 73.2 Å². The number of ether oxygens (including phenoxy) is 1. The van der Waals surface area contributed by atoms with E-state index in [1.807, 2.05) is 0 Å². The molecule has 0 atom stereocenters. The van der Waals surface area contributed by atoms with Crippen molar-refractivity contribution in [2.75, 3.05) is 0 Å². The van der Waals surface area contributed by atoms with E-state index in [0.29, 0.717) is 11.3 Å². The molecule has 1 aromatic carbocycles. The van der Waals surface area contributed by atoms with Crippen LogP contribution in [0.15, 0.2) is 0 Å². The van der Waals surface area contributed by atoms with Gasteiger partial charge in [0.05, 0.1) is 0 Å². The summed E-state index contributed by atoms with van der Waals surface area (Å²) in [4.78, 5) is 0. The first kappa shape index (κ1) is 6.15. The molecule has 0 unspecified atom stereocenters. The normalized spacial score (nSPS) is 12.1. The number of hydrogen-bond acceptors (Lipinski definition) is 4. The molecule has 0 saturated carbocycles. The Bertz CT molecular complexity index is 310. The third-order valence-corrected chi connectivity index (χ3v) is 1.73. The SMILES string of the molecule is Cc1c(O)c(O)c(O)c2c1O2. The number of phenolic OH excluding ortho intramolecular Hbond substituents is 3. The maximum absolute atomic E-state index is 9.11. The minimum absolute atomic E-state index is 0.262. The summed E-state index contributed by atoms with van der Waals surface area (Å²) in [5.74, 6) is -0.504. The number of rotatable bonds is 0. The zero-order chi connectivity index (χ0) is 8.17. The Morgan fingerprint density at radius 3 is 2.18 bits per heavy atom. The van der Waals surface area contributed by atoms with Crippen LogP contribution >= 0.6 is 0 Å². The van der Waals surface area contributed by atoms with Crippen molar-refractivity contribution in [2.45, 2.75) is 6.92 Å². The molecule has 0 aliphatic carbocycles. The lowest BCUT2D eigenvalue weighted by molar-refractivity contribution is 0.366. The van der Waals surface area contributed by atoms with Crippen molar-refractivity contribution in [1.82, 2.24) is 0 Å². The van der Waals surface area contributed by atoms with Gasteiger partial charge in [0.1, 0.15) is 0 Å². The first-order valence-corrected chi connectivity index (χ1v) is 3.08. The van der Waals surface area contributed by atoms with Gasteiger partial charge < -0.3 is 20.1 Å². The minimum Gasteiger partial charge on any atom is -0.504 e. The number of fused-ring (bicyclic) bond motifs is 1. The van der Waals surface area contributed by atoms with Crippen molar-refractivity contribution in [3.63, 3.8) is 0 Å². The first-order valence-electron chi connectivity index (χ1n) is 3.08. The molecule has 1 aliphatic heterocycles. The minimum atomic E-state index is -0.515. The molecule has 0 aromatic heterocycles. The molecule has 4 heteroatoms. The van der Waals surface area contributed by atoms with Crippen LogP contribution in [0.3, 0.4) is 0 Å². The summed E-state index contributed by atoms with van der Waals surface area (Å²) < 4.78 is 4.79. The van der Waals surface area contributed by atoms with Gasteiger partial charge in [0.15, 0.2) is 11.5 Å². The van der Waals surface area contributed by atoms with Crippen molar-refractivity contribution >= 4 is 0 Å². The van der Waals surface area contributed by atoms with E-state index >= 15 is 0 Å². The Morgan fingerprint density at radius 2 is 1.55 bits per heavy atom. The van der Waals surface area contributed by atoms with Crippen LogP contribution in [0.5, 0.6) is 28.7 Å². The summed E-state index contributed by atoms with van der Waals surface area (Å²) >= 11 is 0. The molecule has 0 spiro atoms. The summed E-state index contributed by atoms with van der Waals surface area (Å²) in [5, 5.41) is 27.2. The number of aromatic hydroxyl groups is 3. The second-order valence-electron chi connectivity index (χ2n) is 2.43. The average molecular weight is 154 g/mol. The molecule has 0 saturated heterocycles. The van der Waals surface area contributed by atoms with Crippen LogP contribution < -0.4 is 4.74 Å². The van der Waals surface area contributed by atoms with Crippen LogP contribution in [-0.4, -0.2) is 15.3 Å². The molecule has 1 aliphatic rings. The Morgan fingerprint density at radius 1 is 0.909 bits per heavy atom. The van der Waals surface area contributed by atoms with Gasteiger partial charge in [-0.3, -0.25) is 0 Å². The third-order valence-electron chi connectivity index (χ3n) is 1.73. The highest BCUT2D eigenvalue weighted by atomic mass is 16.6. The van der Waals surface area contributed by atoms with E-state index < -0.39 is 5.75 Å². The van der Waals surface area contributed by atoms with Crippen molar-refractivity contribution in [3.05, 3.63) is 5.56 Å². The first-order chi connectivity index (χ1) is 5.13. The molecule has 2 rings (SSSR count). The Hall–Kier alpha value is -1.58. The summed E-state index contributed by atoms with van der Waals surface area (Å²) in [7, 11) is 0. The second-order valence-corrected chi connectivity index (χ2v) is 2.43. The number of benzene rings is 1. The van der Waals surface area contributed by atoms with Gasteiger partial charge >= 0.3 is 0 Å². The van der Waals surface area contributed by atoms with Gasteiger partial charge in [0.25, 0.3) is 0 Å². The largest absolute Gasteiger partial charge is 0.504 e. The Kier molecular flexibility index (Phi) is 0.854. The van der Waals surface area contributed by atoms with E-state index in [-0.39, 0.29) is 17.2 Å². The van der Waals surface area contributed by atoms with Gasteiger partial charge in [-0.1, -0.05) is 0 Å². The lowest BCUT2D eigenvalue weighted by atomic mass is 10.2. The van der Waals surface area contributed by atoms with Gasteiger partial charge in [-0.15, -0.1) is 0 Å². The molecule has 58 valence electrons. The van der Waals surface area contributed by atoms with E-state index in [1.54, 1.807) is 6.92 Å². The van der Waals surface area contributed by atoms with Crippen LogP contribution in [0.25, 0.3) is 0 Å². The van der Waals surface area contributed by atoms with Crippen LogP contribution in [0.4, 0.5) is 0 Å². The highest BCUT2D eigenvalue weighted by Crippen LogP contribution is 2.61. The zero-order valence-corrected chi connectivity index (χ0v) is 5.75. The molecular formula is C7H6O4. The van der Waals surface area contributed by atoms with Crippen LogP contribution in [0, 0.1) is 6.92 Å². The summed E-state index contributed by atoms with van der Waals surface area (Å²) in [6.45, 7) is 1.60. The maximum Gasteiger partial charge on any atom is 0.216 e. The molecule has 1 heterocycles. The predicted molar refractivity (Wildman–Crippen MR) is 36.2 cm³/mol. The lowest BCUT2D eigenvalue weighted by Gasteiger charge is -1.97. The van der Waals surface area contributed by atoms with Crippen molar-refractivity contribution in [2.24, 2.45) is 0 Å². The quantitative estimate of drug-likeness (QED) is 0.394. The lowest BCUT2D eigenvalue weighted by Crippen LogP contribution is -1.70. The second kappa shape index (κ2) is 1.53. The van der Waals surface area contributed by atoms with Gasteiger partial charge in [-0.2, -0.15) is 0 Å². The highest BCUT2D eigenvalue weighted by molar-refractivity contribution is 5.75. The van der Waals surface area contributed by atoms with Crippen molar-refractivity contribution < 1.29 is 20.1 Å². The van der Waals surface area contributed by atoms with E-state index in [9.17, 15) is 0 Å². The van der Waals surface area contributed by atoms with Gasteiger partial charge in [-0.25, -0.2) is 0 Å². The average Bonchev–Trinajstić information content (AvgIpc) is 2.76. The van der Waals surface area contributed by atoms with Crippen LogP contribution in [0.2, 0.25) is 0 Å². The fourth-order valence-electron chi connectivity index (χ4n) is 0.984. The fraction of sp³-hybridized carbons (Fsp3) is 0.143. The van der Waals surface area contributed by atoms with Crippen molar-refractivity contribution in [3.8, 4) is 28.7 Å². The van der Waals surface area contributed by atoms with E-state index in [1.165, 1.54) is 0 Å². The van der Waals surface area contributed by atoms with Crippen LogP contribution in [-0.2, 0) is 0 Å². The van der Waals surface area contributed by atoms with E-state index in [2.05, 4.69) is 0 Å². The molecule has 11 heavy (non-hydrogen) atoms.